The Morgan fingerprint density at radius 1 is 1.24 bits per heavy atom. The number of aliphatic hydroxyl groups is 1. The fraction of sp³-hybridized carbons (Fsp3) is 0.417. The minimum Gasteiger partial charge on any atom is -0.409 e. The monoisotopic (exact) mass is 237 g/mol. The highest BCUT2D eigenvalue weighted by Crippen LogP contribution is 2.04. The van der Waals surface area contributed by atoms with Gasteiger partial charge in [0.2, 0.25) is 0 Å². The van der Waals surface area contributed by atoms with Crippen LogP contribution in [0.25, 0.3) is 0 Å². The third-order valence-corrected chi connectivity index (χ3v) is 2.45. The molecule has 0 aromatic heterocycles. The van der Waals surface area contributed by atoms with E-state index in [-0.39, 0.29) is 12.4 Å². The van der Waals surface area contributed by atoms with Gasteiger partial charge < -0.3 is 21.4 Å². The van der Waals surface area contributed by atoms with Gasteiger partial charge in [0.05, 0.1) is 0 Å². The van der Waals surface area contributed by atoms with Crippen molar-refractivity contribution in [3.8, 4) is 0 Å². The Labute approximate surface area is 101 Å². The van der Waals surface area contributed by atoms with E-state index in [1.165, 1.54) is 0 Å². The van der Waals surface area contributed by atoms with Crippen molar-refractivity contribution in [1.29, 1.82) is 0 Å². The normalized spacial score (nSPS) is 11.7. The fourth-order valence-corrected chi connectivity index (χ4v) is 1.45. The molecule has 1 aromatic rings. The maximum Gasteiger partial charge on any atom is 0.170 e. The van der Waals surface area contributed by atoms with Crippen LogP contribution in [0, 0.1) is 0 Å². The first-order valence-electron chi connectivity index (χ1n) is 5.66. The van der Waals surface area contributed by atoms with Crippen molar-refractivity contribution in [3.63, 3.8) is 0 Å². The van der Waals surface area contributed by atoms with Crippen molar-refractivity contribution in [2.45, 2.75) is 19.4 Å². The predicted molar refractivity (Wildman–Crippen MR) is 67.0 cm³/mol. The second-order valence-electron chi connectivity index (χ2n) is 3.79. The quantitative estimate of drug-likeness (QED) is 0.184. The summed E-state index contributed by atoms with van der Waals surface area (Å²) in [5, 5.41) is 23.3. The zero-order valence-electron chi connectivity index (χ0n) is 9.76. The zero-order chi connectivity index (χ0) is 12.5. The average molecular weight is 237 g/mol. The Morgan fingerprint density at radius 2 is 1.94 bits per heavy atom. The van der Waals surface area contributed by atoms with Crippen LogP contribution in [0.4, 0.5) is 0 Å². The Bertz CT molecular complexity index is 349. The highest BCUT2D eigenvalue weighted by molar-refractivity contribution is 5.96. The second kappa shape index (κ2) is 7.65. The summed E-state index contributed by atoms with van der Waals surface area (Å²) in [4.78, 5) is 0. The van der Waals surface area contributed by atoms with Crippen LogP contribution >= 0.6 is 0 Å². The maximum atomic E-state index is 8.62. The molecule has 0 atom stereocenters. The number of oxime groups is 1. The van der Waals surface area contributed by atoms with Gasteiger partial charge in [-0.05, 0) is 24.9 Å². The van der Waals surface area contributed by atoms with E-state index in [0.29, 0.717) is 5.56 Å². The number of hydrogen-bond donors (Lipinski definition) is 4. The van der Waals surface area contributed by atoms with Crippen LogP contribution in [0.15, 0.2) is 29.4 Å². The molecule has 0 aliphatic heterocycles. The standard InChI is InChI=1S/C12H19N3O2/c13-12(15-17)11-5-3-10(4-6-11)9-14-7-1-2-8-16/h3-6,14,16-17H,1-2,7-9H2,(H2,13,15). The molecule has 0 amide bonds. The molecule has 0 aliphatic carbocycles. The summed E-state index contributed by atoms with van der Waals surface area (Å²) in [6, 6.07) is 7.51. The lowest BCUT2D eigenvalue weighted by molar-refractivity contribution is 0.283. The molecule has 0 saturated heterocycles. The lowest BCUT2D eigenvalue weighted by atomic mass is 10.1. The van der Waals surface area contributed by atoms with Gasteiger partial charge in [0.25, 0.3) is 0 Å². The molecule has 0 heterocycles. The first-order chi connectivity index (χ1) is 8.27. The van der Waals surface area contributed by atoms with Gasteiger partial charge in [-0.25, -0.2) is 0 Å². The summed E-state index contributed by atoms with van der Waals surface area (Å²) in [6.45, 7) is 1.92. The van der Waals surface area contributed by atoms with Gasteiger partial charge in [-0.1, -0.05) is 29.4 Å². The van der Waals surface area contributed by atoms with Crippen molar-refractivity contribution in [2.75, 3.05) is 13.2 Å². The summed E-state index contributed by atoms with van der Waals surface area (Å²) in [7, 11) is 0. The van der Waals surface area contributed by atoms with Crippen molar-refractivity contribution in [1.82, 2.24) is 5.32 Å². The van der Waals surface area contributed by atoms with Gasteiger partial charge in [0.1, 0.15) is 0 Å². The molecule has 1 rings (SSSR count). The molecule has 0 radical (unpaired) electrons. The van der Waals surface area contributed by atoms with Crippen LogP contribution in [-0.4, -0.2) is 29.3 Å². The number of benzene rings is 1. The predicted octanol–water partition coefficient (Wildman–Crippen LogP) is 0.643. The number of nitrogens with zero attached hydrogens (tertiary/aromatic N) is 1. The number of unbranched alkanes of at least 4 members (excludes halogenated alkanes) is 1. The van der Waals surface area contributed by atoms with E-state index in [1.54, 1.807) is 0 Å². The number of hydrogen-bond acceptors (Lipinski definition) is 4. The molecule has 5 heteroatoms. The molecule has 0 unspecified atom stereocenters. The van der Waals surface area contributed by atoms with Crippen LogP contribution in [0.5, 0.6) is 0 Å². The molecule has 17 heavy (non-hydrogen) atoms. The molecule has 1 aromatic carbocycles. The molecule has 94 valence electrons. The summed E-state index contributed by atoms with van der Waals surface area (Å²) >= 11 is 0. The number of rotatable bonds is 7. The van der Waals surface area contributed by atoms with Gasteiger partial charge in [-0.15, -0.1) is 0 Å². The number of nitrogens with one attached hydrogen (secondary N) is 1. The van der Waals surface area contributed by atoms with E-state index in [2.05, 4.69) is 10.5 Å². The van der Waals surface area contributed by atoms with Gasteiger partial charge >= 0.3 is 0 Å². The van der Waals surface area contributed by atoms with E-state index >= 15 is 0 Å². The lowest BCUT2D eigenvalue weighted by Gasteiger charge is -2.05. The van der Waals surface area contributed by atoms with Gasteiger partial charge in [0.15, 0.2) is 5.84 Å². The smallest absolute Gasteiger partial charge is 0.170 e. The van der Waals surface area contributed by atoms with Crippen molar-refractivity contribution >= 4 is 5.84 Å². The van der Waals surface area contributed by atoms with Gasteiger partial charge in [-0.2, -0.15) is 0 Å². The highest BCUT2D eigenvalue weighted by Gasteiger charge is 1.98. The van der Waals surface area contributed by atoms with Crippen molar-refractivity contribution in [2.24, 2.45) is 10.9 Å². The van der Waals surface area contributed by atoms with Crippen LogP contribution < -0.4 is 11.1 Å². The molecule has 5 N–H and O–H groups in total. The summed E-state index contributed by atoms with van der Waals surface area (Å²) in [6.07, 6.45) is 1.80. The molecule has 0 bridgehead atoms. The van der Waals surface area contributed by atoms with E-state index in [9.17, 15) is 0 Å². The lowest BCUT2D eigenvalue weighted by Crippen LogP contribution is -2.16. The van der Waals surface area contributed by atoms with Crippen molar-refractivity contribution in [3.05, 3.63) is 35.4 Å². The van der Waals surface area contributed by atoms with E-state index < -0.39 is 0 Å². The fourth-order valence-electron chi connectivity index (χ4n) is 1.45. The minimum atomic E-state index is 0.118. The zero-order valence-corrected chi connectivity index (χ0v) is 9.76. The molecular formula is C12H19N3O2. The number of amidine groups is 1. The van der Waals surface area contributed by atoms with Crippen molar-refractivity contribution < 1.29 is 10.3 Å². The van der Waals surface area contributed by atoms with Crippen LogP contribution in [0.2, 0.25) is 0 Å². The average Bonchev–Trinajstić information content (AvgIpc) is 2.38. The summed E-state index contributed by atoms with van der Waals surface area (Å²) in [5.41, 5.74) is 7.31. The Hall–Kier alpha value is -1.59. The third kappa shape index (κ3) is 4.84. The molecule has 0 aliphatic rings. The topological polar surface area (TPSA) is 90.9 Å². The van der Waals surface area contributed by atoms with Crippen LogP contribution in [-0.2, 0) is 6.54 Å². The first-order valence-corrected chi connectivity index (χ1v) is 5.66. The third-order valence-electron chi connectivity index (χ3n) is 2.45. The Balaban J connectivity index is 2.35. The first kappa shape index (κ1) is 13.5. The summed E-state index contributed by atoms with van der Waals surface area (Å²) < 4.78 is 0. The Morgan fingerprint density at radius 3 is 2.53 bits per heavy atom. The molecular weight excluding hydrogens is 218 g/mol. The second-order valence-corrected chi connectivity index (χ2v) is 3.79. The van der Waals surface area contributed by atoms with E-state index in [0.717, 1.165) is 31.5 Å². The van der Waals surface area contributed by atoms with Gasteiger partial charge in [-0.3, -0.25) is 0 Å². The molecule has 0 saturated carbocycles. The molecule has 5 nitrogen and oxygen atoms in total. The Kier molecular flexibility index (Phi) is 6.06. The minimum absolute atomic E-state index is 0.118. The number of aliphatic hydroxyl groups excluding tert-OH is 1. The SMILES string of the molecule is N/C(=N/O)c1ccc(CNCCCCO)cc1. The molecule has 0 fully saturated rings. The number of nitrogens with two attached hydrogens (primary N) is 1. The largest absolute Gasteiger partial charge is 0.409 e. The summed E-state index contributed by atoms with van der Waals surface area (Å²) in [5.74, 6) is 0.118. The van der Waals surface area contributed by atoms with Crippen LogP contribution in [0.3, 0.4) is 0 Å². The van der Waals surface area contributed by atoms with E-state index in [1.807, 2.05) is 24.3 Å². The maximum absolute atomic E-state index is 8.62. The molecule has 0 spiro atoms. The van der Waals surface area contributed by atoms with E-state index in [4.69, 9.17) is 16.0 Å². The van der Waals surface area contributed by atoms with Crippen LogP contribution in [0.1, 0.15) is 24.0 Å². The van der Waals surface area contributed by atoms with Gasteiger partial charge in [0, 0.05) is 18.7 Å². The highest BCUT2D eigenvalue weighted by atomic mass is 16.4.